The first-order valence-electron chi connectivity index (χ1n) is 6.28. The highest BCUT2D eigenvalue weighted by molar-refractivity contribution is 5.93. The number of hydrogen-bond donors (Lipinski definition) is 1. The van der Waals surface area contributed by atoms with Crippen molar-refractivity contribution in [2.45, 2.75) is 44.2 Å². The van der Waals surface area contributed by atoms with Crippen LogP contribution in [0.25, 0.3) is 0 Å². The van der Waals surface area contributed by atoms with Crippen LogP contribution in [0.15, 0.2) is 0 Å². The Morgan fingerprint density at radius 1 is 1.44 bits per heavy atom. The van der Waals surface area contributed by atoms with Crippen molar-refractivity contribution in [3.05, 3.63) is 0 Å². The number of ether oxygens (including phenoxy) is 1. The third-order valence-electron chi connectivity index (χ3n) is 3.56. The van der Waals surface area contributed by atoms with Crippen LogP contribution in [0, 0.1) is 0 Å². The van der Waals surface area contributed by atoms with Gasteiger partial charge in [0, 0.05) is 19.0 Å². The Labute approximate surface area is 106 Å². The van der Waals surface area contributed by atoms with Crippen LogP contribution in [0.4, 0.5) is 0 Å². The lowest BCUT2D eigenvalue weighted by Gasteiger charge is -2.34. The van der Waals surface area contributed by atoms with E-state index in [1.807, 2.05) is 0 Å². The lowest BCUT2D eigenvalue weighted by Crippen LogP contribution is -2.49. The molecule has 2 heterocycles. The number of methoxy groups -OCH3 is 1. The van der Waals surface area contributed by atoms with E-state index in [1.165, 1.54) is 7.11 Å². The molecule has 6 nitrogen and oxygen atoms in total. The van der Waals surface area contributed by atoms with E-state index in [4.69, 9.17) is 0 Å². The topological polar surface area (TPSA) is 75.7 Å². The third-order valence-corrected chi connectivity index (χ3v) is 3.56. The largest absolute Gasteiger partial charge is 0.469 e. The zero-order chi connectivity index (χ0) is 13.1. The van der Waals surface area contributed by atoms with Crippen molar-refractivity contribution < 1.29 is 19.1 Å². The van der Waals surface area contributed by atoms with E-state index in [2.05, 4.69) is 10.1 Å². The maximum absolute atomic E-state index is 12.3. The molecule has 2 aliphatic rings. The molecule has 0 radical (unpaired) electrons. The first-order valence-corrected chi connectivity index (χ1v) is 6.28. The zero-order valence-electron chi connectivity index (χ0n) is 10.5. The number of carbonyl (C=O) groups is 3. The quantitative estimate of drug-likeness (QED) is 0.694. The smallest absolute Gasteiger partial charge is 0.308 e. The monoisotopic (exact) mass is 254 g/mol. The Morgan fingerprint density at radius 3 is 2.94 bits per heavy atom. The minimum Gasteiger partial charge on any atom is -0.469 e. The van der Waals surface area contributed by atoms with Crippen molar-refractivity contribution in [2.24, 2.45) is 0 Å². The minimum atomic E-state index is -0.770. The molecule has 0 saturated carbocycles. The Kier molecular flexibility index (Phi) is 3.84. The van der Waals surface area contributed by atoms with Crippen molar-refractivity contribution in [3.8, 4) is 0 Å². The second-order valence-electron chi connectivity index (χ2n) is 4.79. The predicted octanol–water partition coefficient (Wildman–Crippen LogP) is -0.181. The molecule has 18 heavy (non-hydrogen) atoms. The van der Waals surface area contributed by atoms with Gasteiger partial charge in [0.1, 0.15) is 6.04 Å². The standard InChI is InChI=1S/C12H18N2O4/c1-18-11(16)7-9-12(17)14-5-3-2-4-8(14)6-10(15)13-9/h8-9H,2-7H2,1H3,(H,13,15)/t8-,9-/m1/s1. The summed E-state index contributed by atoms with van der Waals surface area (Å²) in [6.07, 6.45) is 3.11. The number of fused-ring (bicyclic) bond motifs is 1. The van der Waals surface area contributed by atoms with Gasteiger partial charge in [-0.1, -0.05) is 0 Å². The summed E-state index contributed by atoms with van der Waals surface area (Å²) in [5, 5.41) is 2.62. The van der Waals surface area contributed by atoms with Gasteiger partial charge in [-0.25, -0.2) is 0 Å². The summed E-state index contributed by atoms with van der Waals surface area (Å²) in [6, 6.07) is -0.776. The first-order chi connectivity index (χ1) is 8.61. The fourth-order valence-corrected chi connectivity index (χ4v) is 2.62. The molecular formula is C12H18N2O4. The molecule has 2 aliphatic heterocycles. The van der Waals surface area contributed by atoms with Gasteiger partial charge >= 0.3 is 5.97 Å². The third kappa shape index (κ3) is 2.63. The normalized spacial score (nSPS) is 28.2. The number of piperidine rings is 1. The van der Waals surface area contributed by atoms with Crippen LogP contribution in [-0.4, -0.2) is 48.4 Å². The van der Waals surface area contributed by atoms with E-state index < -0.39 is 12.0 Å². The molecule has 0 bridgehead atoms. The molecule has 2 fully saturated rings. The van der Waals surface area contributed by atoms with Gasteiger partial charge in [0.2, 0.25) is 11.8 Å². The van der Waals surface area contributed by atoms with Gasteiger partial charge < -0.3 is 15.0 Å². The van der Waals surface area contributed by atoms with Gasteiger partial charge in [-0.05, 0) is 19.3 Å². The van der Waals surface area contributed by atoms with E-state index >= 15 is 0 Å². The second-order valence-corrected chi connectivity index (χ2v) is 4.79. The molecule has 6 heteroatoms. The molecule has 0 aliphatic carbocycles. The molecule has 0 aromatic rings. The average molecular weight is 254 g/mol. The summed E-state index contributed by atoms with van der Waals surface area (Å²) in [5.41, 5.74) is 0. The fraction of sp³-hybridized carbons (Fsp3) is 0.750. The molecule has 2 amide bonds. The zero-order valence-corrected chi connectivity index (χ0v) is 10.5. The predicted molar refractivity (Wildman–Crippen MR) is 62.5 cm³/mol. The minimum absolute atomic E-state index is 0.00565. The SMILES string of the molecule is COC(=O)C[C@H]1NC(=O)C[C@H]2CCCCN2C1=O. The molecule has 1 N–H and O–H groups in total. The maximum Gasteiger partial charge on any atom is 0.308 e. The van der Waals surface area contributed by atoms with Gasteiger partial charge in [0.05, 0.1) is 13.5 Å². The molecule has 2 atom stereocenters. The highest BCUT2D eigenvalue weighted by atomic mass is 16.5. The molecule has 0 aromatic heterocycles. The Bertz CT molecular complexity index is 369. The van der Waals surface area contributed by atoms with Crippen molar-refractivity contribution >= 4 is 17.8 Å². The Morgan fingerprint density at radius 2 is 2.22 bits per heavy atom. The molecular weight excluding hydrogens is 236 g/mol. The Balaban J connectivity index is 2.13. The fourth-order valence-electron chi connectivity index (χ4n) is 2.62. The lowest BCUT2D eigenvalue weighted by molar-refractivity contribution is -0.146. The number of esters is 1. The maximum atomic E-state index is 12.3. The van der Waals surface area contributed by atoms with Gasteiger partial charge in [-0.3, -0.25) is 14.4 Å². The summed E-state index contributed by atoms with van der Waals surface area (Å²) in [5.74, 6) is -0.799. The van der Waals surface area contributed by atoms with E-state index in [-0.39, 0.29) is 24.3 Å². The van der Waals surface area contributed by atoms with Gasteiger partial charge in [-0.2, -0.15) is 0 Å². The first kappa shape index (κ1) is 12.9. The van der Waals surface area contributed by atoms with E-state index in [9.17, 15) is 14.4 Å². The van der Waals surface area contributed by atoms with Crippen LogP contribution in [0.1, 0.15) is 32.1 Å². The molecule has 0 spiro atoms. The van der Waals surface area contributed by atoms with Crippen molar-refractivity contribution in [3.63, 3.8) is 0 Å². The molecule has 100 valence electrons. The number of nitrogens with zero attached hydrogens (tertiary/aromatic N) is 1. The number of rotatable bonds is 2. The van der Waals surface area contributed by atoms with E-state index in [0.29, 0.717) is 13.0 Å². The van der Waals surface area contributed by atoms with Crippen LogP contribution >= 0.6 is 0 Å². The molecule has 0 unspecified atom stereocenters. The molecule has 0 aromatic carbocycles. The van der Waals surface area contributed by atoms with Gasteiger partial charge in [0.15, 0.2) is 0 Å². The lowest BCUT2D eigenvalue weighted by atomic mass is 9.99. The summed E-state index contributed by atoms with van der Waals surface area (Å²) in [4.78, 5) is 37.0. The number of hydrogen-bond acceptors (Lipinski definition) is 4. The summed E-state index contributed by atoms with van der Waals surface area (Å²) in [7, 11) is 1.27. The van der Waals surface area contributed by atoms with Crippen molar-refractivity contribution in [2.75, 3.05) is 13.7 Å². The average Bonchev–Trinajstić information content (AvgIpc) is 2.48. The molecule has 2 saturated heterocycles. The van der Waals surface area contributed by atoms with E-state index in [1.54, 1.807) is 4.90 Å². The molecule has 2 rings (SSSR count). The van der Waals surface area contributed by atoms with Crippen LogP contribution in [0.3, 0.4) is 0 Å². The highest BCUT2D eigenvalue weighted by Gasteiger charge is 2.37. The van der Waals surface area contributed by atoms with Crippen LogP contribution < -0.4 is 5.32 Å². The highest BCUT2D eigenvalue weighted by Crippen LogP contribution is 2.23. The number of carbonyl (C=O) groups excluding carboxylic acids is 3. The summed E-state index contributed by atoms with van der Waals surface area (Å²) in [6.45, 7) is 0.677. The second kappa shape index (κ2) is 5.37. The van der Waals surface area contributed by atoms with Gasteiger partial charge in [0.25, 0.3) is 0 Å². The van der Waals surface area contributed by atoms with Crippen LogP contribution in [0.2, 0.25) is 0 Å². The Hall–Kier alpha value is -1.59. The van der Waals surface area contributed by atoms with Crippen molar-refractivity contribution in [1.29, 1.82) is 0 Å². The van der Waals surface area contributed by atoms with Crippen molar-refractivity contribution in [1.82, 2.24) is 10.2 Å². The van der Waals surface area contributed by atoms with E-state index in [0.717, 1.165) is 19.3 Å². The number of nitrogens with one attached hydrogen (secondary N) is 1. The van der Waals surface area contributed by atoms with Crippen LogP contribution in [0.5, 0.6) is 0 Å². The number of amides is 2. The van der Waals surface area contributed by atoms with Gasteiger partial charge in [-0.15, -0.1) is 0 Å². The van der Waals surface area contributed by atoms with Crippen LogP contribution in [-0.2, 0) is 19.1 Å². The summed E-state index contributed by atoms with van der Waals surface area (Å²) < 4.78 is 4.55. The summed E-state index contributed by atoms with van der Waals surface area (Å²) >= 11 is 0.